The van der Waals surface area contributed by atoms with Crippen molar-refractivity contribution in [1.29, 1.82) is 0 Å². The lowest BCUT2D eigenvalue weighted by Crippen LogP contribution is -2.14. The fraction of sp³-hybridized carbons (Fsp3) is 0.500. The normalized spacial score (nSPS) is 15.9. The number of ether oxygens (including phenoxy) is 1. The Labute approximate surface area is 99.5 Å². The van der Waals surface area contributed by atoms with Gasteiger partial charge in [0.1, 0.15) is 11.6 Å². The highest BCUT2D eigenvalue weighted by molar-refractivity contribution is 6.31. The molecule has 2 rings (SSSR count). The molecule has 0 saturated heterocycles. The Hall–Kier alpha value is -0.960. The van der Waals surface area contributed by atoms with E-state index < -0.39 is 5.82 Å². The summed E-state index contributed by atoms with van der Waals surface area (Å²) in [5.41, 5.74) is 5.93. The Morgan fingerprint density at radius 3 is 2.81 bits per heavy atom. The highest BCUT2D eigenvalue weighted by Gasteiger charge is 2.17. The van der Waals surface area contributed by atoms with Crippen molar-refractivity contribution < 1.29 is 9.13 Å². The first kappa shape index (κ1) is 11.5. The molecule has 0 radical (unpaired) electrons. The van der Waals surface area contributed by atoms with Gasteiger partial charge in [0.15, 0.2) is 0 Å². The summed E-state index contributed by atoms with van der Waals surface area (Å²) in [6.07, 6.45) is 4.95. The van der Waals surface area contributed by atoms with Crippen molar-refractivity contribution in [2.75, 3.05) is 12.3 Å². The second-order valence-corrected chi connectivity index (χ2v) is 4.65. The number of rotatable bonds is 4. The molecule has 0 unspecified atom stereocenters. The second kappa shape index (κ2) is 4.91. The van der Waals surface area contributed by atoms with E-state index in [4.69, 9.17) is 22.1 Å². The Balaban J connectivity index is 1.90. The van der Waals surface area contributed by atoms with Gasteiger partial charge in [0.2, 0.25) is 0 Å². The molecule has 2 N–H and O–H groups in total. The van der Waals surface area contributed by atoms with E-state index in [0.717, 1.165) is 12.3 Å². The lowest BCUT2D eigenvalue weighted by atomic mass is 9.83. The summed E-state index contributed by atoms with van der Waals surface area (Å²) in [4.78, 5) is 0. The monoisotopic (exact) mass is 243 g/mol. The van der Waals surface area contributed by atoms with E-state index in [1.807, 2.05) is 0 Å². The van der Waals surface area contributed by atoms with E-state index in [1.54, 1.807) is 0 Å². The molecule has 88 valence electrons. The number of benzene rings is 1. The van der Waals surface area contributed by atoms with Gasteiger partial charge in [-0.2, -0.15) is 0 Å². The summed E-state index contributed by atoms with van der Waals surface area (Å²) in [5.74, 6) is 0.758. The van der Waals surface area contributed by atoms with Crippen molar-refractivity contribution in [3.63, 3.8) is 0 Å². The van der Waals surface area contributed by atoms with Crippen LogP contribution in [0.1, 0.15) is 25.7 Å². The van der Waals surface area contributed by atoms with E-state index in [-0.39, 0.29) is 5.02 Å². The minimum Gasteiger partial charge on any atom is -0.491 e. The van der Waals surface area contributed by atoms with Crippen LogP contribution in [0.4, 0.5) is 10.1 Å². The molecule has 1 aliphatic rings. The molecule has 1 aliphatic carbocycles. The average Bonchev–Trinajstić information content (AvgIpc) is 2.17. The van der Waals surface area contributed by atoms with Crippen molar-refractivity contribution in [2.24, 2.45) is 5.92 Å². The van der Waals surface area contributed by atoms with Crippen molar-refractivity contribution >= 4 is 17.3 Å². The Kier molecular flexibility index (Phi) is 3.54. The van der Waals surface area contributed by atoms with E-state index in [0.29, 0.717) is 18.0 Å². The molecule has 0 spiro atoms. The molecule has 1 saturated carbocycles. The molecule has 0 aromatic heterocycles. The van der Waals surface area contributed by atoms with Gasteiger partial charge in [-0.05, 0) is 12.3 Å². The zero-order valence-corrected chi connectivity index (χ0v) is 9.77. The van der Waals surface area contributed by atoms with Crippen molar-refractivity contribution in [2.45, 2.75) is 25.7 Å². The van der Waals surface area contributed by atoms with Crippen LogP contribution in [-0.2, 0) is 0 Å². The molecular weight excluding hydrogens is 229 g/mol. The lowest BCUT2D eigenvalue weighted by Gasteiger charge is -2.25. The number of nitrogen functional groups attached to an aromatic ring is 1. The first-order chi connectivity index (χ1) is 7.66. The fourth-order valence-corrected chi connectivity index (χ4v) is 1.94. The minimum absolute atomic E-state index is 0.0489. The van der Waals surface area contributed by atoms with Crippen LogP contribution >= 0.6 is 11.6 Å². The maximum absolute atomic E-state index is 13.0. The lowest BCUT2D eigenvalue weighted by molar-refractivity contribution is 0.222. The van der Waals surface area contributed by atoms with Crippen LogP contribution in [-0.4, -0.2) is 6.61 Å². The van der Waals surface area contributed by atoms with Crippen LogP contribution in [0.15, 0.2) is 12.1 Å². The maximum Gasteiger partial charge on any atom is 0.144 e. The van der Waals surface area contributed by atoms with Crippen LogP contribution < -0.4 is 10.5 Å². The van der Waals surface area contributed by atoms with Crippen molar-refractivity contribution in [3.8, 4) is 5.75 Å². The molecule has 0 bridgehead atoms. The summed E-state index contributed by atoms with van der Waals surface area (Å²) < 4.78 is 18.5. The predicted octanol–water partition coefficient (Wildman–Crippen LogP) is 3.63. The van der Waals surface area contributed by atoms with Crippen molar-refractivity contribution in [3.05, 3.63) is 23.0 Å². The van der Waals surface area contributed by atoms with Gasteiger partial charge in [0.05, 0.1) is 17.3 Å². The van der Waals surface area contributed by atoms with E-state index >= 15 is 0 Å². The van der Waals surface area contributed by atoms with Gasteiger partial charge in [-0.1, -0.05) is 30.9 Å². The largest absolute Gasteiger partial charge is 0.491 e. The quantitative estimate of drug-likeness (QED) is 0.820. The first-order valence-corrected chi connectivity index (χ1v) is 5.92. The zero-order chi connectivity index (χ0) is 11.5. The van der Waals surface area contributed by atoms with Gasteiger partial charge in [0, 0.05) is 12.1 Å². The Morgan fingerprint density at radius 1 is 1.44 bits per heavy atom. The van der Waals surface area contributed by atoms with Gasteiger partial charge < -0.3 is 10.5 Å². The summed E-state index contributed by atoms with van der Waals surface area (Å²) in [6, 6.07) is 2.63. The molecule has 0 amide bonds. The summed E-state index contributed by atoms with van der Waals surface area (Å²) in [6.45, 7) is 0.622. The molecule has 0 heterocycles. The van der Waals surface area contributed by atoms with Gasteiger partial charge in [-0.25, -0.2) is 4.39 Å². The standard InChI is InChI=1S/C12H15ClFNO/c13-9-6-12(11(15)7-10(9)14)16-5-4-8-2-1-3-8/h6-8H,1-5,15H2. The minimum atomic E-state index is -0.509. The van der Waals surface area contributed by atoms with Crippen LogP contribution in [0.25, 0.3) is 0 Å². The van der Waals surface area contributed by atoms with E-state index in [2.05, 4.69) is 0 Å². The van der Waals surface area contributed by atoms with Crippen molar-refractivity contribution in [1.82, 2.24) is 0 Å². The van der Waals surface area contributed by atoms with Crippen LogP contribution in [0.5, 0.6) is 5.75 Å². The van der Waals surface area contributed by atoms with Crippen LogP contribution in [0, 0.1) is 11.7 Å². The zero-order valence-electron chi connectivity index (χ0n) is 9.01. The van der Waals surface area contributed by atoms with Gasteiger partial charge in [-0.15, -0.1) is 0 Å². The molecule has 16 heavy (non-hydrogen) atoms. The molecule has 1 aromatic rings. The summed E-state index contributed by atoms with van der Waals surface area (Å²) >= 11 is 5.66. The van der Waals surface area contributed by atoms with Gasteiger partial charge in [0.25, 0.3) is 0 Å². The molecule has 1 aromatic carbocycles. The van der Waals surface area contributed by atoms with Crippen LogP contribution in [0.2, 0.25) is 5.02 Å². The smallest absolute Gasteiger partial charge is 0.144 e. The molecular formula is C12H15ClFNO. The topological polar surface area (TPSA) is 35.2 Å². The number of hydrogen-bond acceptors (Lipinski definition) is 2. The fourth-order valence-electron chi connectivity index (χ4n) is 1.79. The third kappa shape index (κ3) is 2.59. The van der Waals surface area contributed by atoms with E-state index in [1.165, 1.54) is 31.4 Å². The highest BCUT2D eigenvalue weighted by Crippen LogP contribution is 2.31. The highest BCUT2D eigenvalue weighted by atomic mass is 35.5. The predicted molar refractivity (Wildman–Crippen MR) is 63.3 cm³/mol. The first-order valence-electron chi connectivity index (χ1n) is 5.54. The van der Waals surface area contributed by atoms with Crippen LogP contribution in [0.3, 0.4) is 0 Å². The summed E-state index contributed by atoms with van der Waals surface area (Å²) in [5, 5.41) is 0.0489. The molecule has 0 atom stereocenters. The number of nitrogens with two attached hydrogens (primary N) is 1. The van der Waals surface area contributed by atoms with E-state index in [9.17, 15) is 4.39 Å². The molecule has 0 aliphatic heterocycles. The molecule has 2 nitrogen and oxygen atoms in total. The van der Waals surface area contributed by atoms with Gasteiger partial charge in [-0.3, -0.25) is 0 Å². The third-order valence-corrected chi connectivity index (χ3v) is 3.35. The SMILES string of the molecule is Nc1cc(F)c(Cl)cc1OCCC1CCC1. The average molecular weight is 244 g/mol. The number of halogens is 2. The Bertz CT molecular complexity index is 380. The maximum atomic E-state index is 13.0. The molecule has 1 fully saturated rings. The number of anilines is 1. The third-order valence-electron chi connectivity index (χ3n) is 3.06. The second-order valence-electron chi connectivity index (χ2n) is 4.24. The molecule has 4 heteroatoms. The van der Waals surface area contributed by atoms with Gasteiger partial charge >= 0.3 is 0 Å². The summed E-state index contributed by atoms with van der Waals surface area (Å²) in [7, 11) is 0. The Morgan fingerprint density at radius 2 is 2.19 bits per heavy atom. The number of hydrogen-bond donors (Lipinski definition) is 1.